The number of rotatable bonds is 43. The maximum Gasteiger partial charge on any atom is 0.275 e. The topological polar surface area (TPSA) is 390 Å². The second-order valence-electron chi connectivity index (χ2n) is 33.8. The molecule has 120 heavy (non-hydrogen) atoms. The maximum atomic E-state index is 12.3. The summed E-state index contributed by atoms with van der Waals surface area (Å²) in [5.74, 6) is -1.19. The van der Waals surface area contributed by atoms with Crippen molar-refractivity contribution >= 4 is 127 Å². The number of carbonyl (C=O) groups excluding carboxylic acids is 17. The van der Waals surface area contributed by atoms with Crippen LogP contribution >= 0.6 is 11.8 Å². The largest absolute Gasteiger partial charge is 0.356 e. The Kier molecular flexibility index (Phi) is 69.8. The van der Waals surface area contributed by atoms with Gasteiger partial charge in [0.2, 0.25) is 53.2 Å². The first-order chi connectivity index (χ1) is 52.6. The molecule has 4 N–H and O–H groups in total. The van der Waals surface area contributed by atoms with Crippen molar-refractivity contribution in [3.8, 4) is 0 Å². The summed E-state index contributed by atoms with van der Waals surface area (Å²) in [4.78, 5) is 203. The Morgan fingerprint density at radius 1 is 0.417 bits per heavy atom. The monoisotopic (exact) mass is 1740 g/mol. The van der Waals surface area contributed by atoms with Gasteiger partial charge < -0.3 is 16.0 Å². The molecule has 696 valence electrons. The molecule has 3 saturated heterocycles. The Balaban J connectivity index is -0.000000216. The molecule has 26 nitrogen and oxygen atoms in total. The minimum Gasteiger partial charge on any atom is -0.356 e. The fourth-order valence-corrected chi connectivity index (χ4v) is 14.0. The number of nitrogens with one attached hydrogen (secondary N) is 3. The number of imide groups is 3. The third-order valence-corrected chi connectivity index (χ3v) is 21.3. The SMILES string of the molecule is C.C.C.C.C.C.CC(C)C(=O)CCCN1C(=O)CC(C(C)C)C1=O.CC(C)C(=O)CCN1C(=O)CC(C(C)C)C1=O.CC(C)C(=O)CCNC(=O)CCC(=O)CNC(=O)CCC(=O)CCCN1C(=O)CC(C(C)C)C1=O.CC(C)CC(=O)C(C)C.CC(C)CC(=O)Nc1ccc(C(=O)C(C)C)cc1.CC(C)SC(C)CC(C(=O)C(C)C)S(=O)(=O)O. The van der Waals surface area contributed by atoms with Crippen LogP contribution in [-0.2, 0) is 86.8 Å². The van der Waals surface area contributed by atoms with Crippen LogP contribution in [0.4, 0.5) is 5.69 Å². The second kappa shape index (κ2) is 65.3. The van der Waals surface area contributed by atoms with Crippen LogP contribution in [0.3, 0.4) is 0 Å². The fourth-order valence-electron chi connectivity index (χ4n) is 11.6. The van der Waals surface area contributed by atoms with Crippen LogP contribution in [-0.4, -0.2) is 176 Å². The summed E-state index contributed by atoms with van der Waals surface area (Å²) in [7, 11) is -4.30. The molecule has 3 aliphatic heterocycles. The van der Waals surface area contributed by atoms with Crippen LogP contribution in [0, 0.1) is 82.9 Å². The van der Waals surface area contributed by atoms with Gasteiger partial charge in [-0.05, 0) is 78.4 Å². The number of amides is 9. The van der Waals surface area contributed by atoms with Gasteiger partial charge in [-0.1, -0.05) is 218 Å². The first-order valence-corrected chi connectivity index (χ1v) is 43.3. The summed E-state index contributed by atoms with van der Waals surface area (Å²) < 4.78 is 31.6. The Hall–Kier alpha value is -7.33. The van der Waals surface area contributed by atoms with Crippen LogP contribution in [0.15, 0.2) is 24.3 Å². The van der Waals surface area contributed by atoms with E-state index in [-0.39, 0.29) is 281 Å². The number of nitrogens with zero attached hydrogens (tertiary/aromatic N) is 3. The molecular formula is C92H166N6O20S2. The first kappa shape index (κ1) is 128. The number of benzene rings is 1. The smallest absolute Gasteiger partial charge is 0.275 e. The van der Waals surface area contributed by atoms with E-state index >= 15 is 0 Å². The highest BCUT2D eigenvalue weighted by Gasteiger charge is 2.42. The molecule has 4 rings (SSSR count). The van der Waals surface area contributed by atoms with Crippen LogP contribution in [0.1, 0.15) is 331 Å². The van der Waals surface area contributed by atoms with Crippen LogP contribution in [0.25, 0.3) is 0 Å². The first-order valence-electron chi connectivity index (χ1n) is 40.9. The lowest BCUT2D eigenvalue weighted by molar-refractivity contribution is -0.141. The molecular weight excluding hydrogens is 1570 g/mol. The van der Waals surface area contributed by atoms with Gasteiger partial charge in [0.15, 0.2) is 17.3 Å². The number of carbonyl (C=O) groups is 17. The molecule has 0 radical (unpaired) electrons. The van der Waals surface area contributed by atoms with Gasteiger partial charge in [-0.25, -0.2) is 0 Å². The maximum absolute atomic E-state index is 12.3. The summed E-state index contributed by atoms with van der Waals surface area (Å²) >= 11 is 1.60. The number of likely N-dealkylation sites (tertiary alicyclic amines) is 3. The number of hydrogen-bond donors (Lipinski definition) is 4. The number of thioether (sulfide) groups is 1. The van der Waals surface area contributed by atoms with Crippen molar-refractivity contribution in [1.82, 2.24) is 25.3 Å². The highest BCUT2D eigenvalue weighted by atomic mass is 32.2. The molecule has 0 saturated carbocycles. The predicted octanol–water partition coefficient (Wildman–Crippen LogP) is 17.0. The third kappa shape index (κ3) is 52.9. The molecule has 1 aromatic carbocycles. The molecule has 28 heteroatoms. The third-order valence-electron chi connectivity index (χ3n) is 19.0. The van der Waals surface area contributed by atoms with Gasteiger partial charge in [-0.3, -0.25) is 101 Å². The van der Waals surface area contributed by atoms with Crippen LogP contribution < -0.4 is 16.0 Å². The van der Waals surface area contributed by atoms with E-state index in [1.165, 1.54) is 14.7 Å². The van der Waals surface area contributed by atoms with Gasteiger partial charge in [-0.2, -0.15) is 20.2 Å². The molecule has 0 spiro atoms. The summed E-state index contributed by atoms with van der Waals surface area (Å²) in [5, 5.41) is 6.95. The lowest BCUT2D eigenvalue weighted by Crippen LogP contribution is -2.35. The molecule has 5 atom stereocenters. The van der Waals surface area contributed by atoms with E-state index in [0.29, 0.717) is 73.5 Å². The van der Waals surface area contributed by atoms with Crippen molar-refractivity contribution in [1.29, 1.82) is 0 Å². The van der Waals surface area contributed by atoms with E-state index in [4.69, 9.17) is 4.55 Å². The Morgan fingerprint density at radius 3 is 1.12 bits per heavy atom. The summed E-state index contributed by atoms with van der Waals surface area (Å²) in [5.41, 5.74) is 1.42. The molecule has 0 aromatic heterocycles. The minimum atomic E-state index is -4.30. The van der Waals surface area contributed by atoms with E-state index in [9.17, 15) is 89.9 Å². The summed E-state index contributed by atoms with van der Waals surface area (Å²) in [6.45, 7) is 48.4. The van der Waals surface area contributed by atoms with Crippen molar-refractivity contribution in [2.24, 2.45) is 82.9 Å². The average Bonchev–Trinajstić information content (AvgIpc) is 1.70. The predicted molar refractivity (Wildman–Crippen MR) is 486 cm³/mol. The van der Waals surface area contributed by atoms with Crippen molar-refractivity contribution in [3.05, 3.63) is 29.8 Å². The lowest BCUT2D eigenvalue weighted by atomic mass is 9.94. The molecule has 1 aromatic rings. The lowest BCUT2D eigenvalue weighted by Gasteiger charge is -2.20. The van der Waals surface area contributed by atoms with Gasteiger partial charge in [-0.15, -0.1) is 0 Å². The second-order valence-corrected chi connectivity index (χ2v) is 37.5. The van der Waals surface area contributed by atoms with Gasteiger partial charge in [0.05, 0.1) is 6.54 Å². The van der Waals surface area contributed by atoms with Crippen LogP contribution in [0.5, 0.6) is 0 Å². The van der Waals surface area contributed by atoms with E-state index in [2.05, 4.69) is 29.8 Å². The van der Waals surface area contributed by atoms with Crippen molar-refractivity contribution in [3.63, 3.8) is 0 Å². The quantitative estimate of drug-likeness (QED) is 0.0268. The van der Waals surface area contributed by atoms with Gasteiger partial charge in [0.1, 0.15) is 34.2 Å². The van der Waals surface area contributed by atoms with Gasteiger partial charge in [0.25, 0.3) is 10.1 Å². The fraction of sp³-hybridized carbons (Fsp3) is 0.750. The summed E-state index contributed by atoms with van der Waals surface area (Å²) in [6, 6.07) is 7.06. The average molecular weight is 1740 g/mol. The highest BCUT2D eigenvalue weighted by molar-refractivity contribution is 8.00. The van der Waals surface area contributed by atoms with E-state index in [1.807, 2.05) is 132 Å². The molecule has 5 unspecified atom stereocenters. The van der Waals surface area contributed by atoms with E-state index < -0.39 is 33.0 Å². The normalized spacial score (nSPS) is 15.3. The Labute approximate surface area is 729 Å². The van der Waals surface area contributed by atoms with Crippen molar-refractivity contribution in [2.45, 2.75) is 336 Å². The zero-order chi connectivity index (χ0) is 88.5. The number of ketones is 8. The van der Waals surface area contributed by atoms with Gasteiger partial charge >= 0.3 is 0 Å². The molecule has 0 aliphatic carbocycles. The molecule has 0 bridgehead atoms. The molecule has 3 aliphatic rings. The summed E-state index contributed by atoms with van der Waals surface area (Å²) in [6.07, 6.45) is 4.21. The Bertz CT molecular complexity index is 3470. The highest BCUT2D eigenvalue weighted by Crippen LogP contribution is 2.30. The molecule has 3 fully saturated rings. The number of anilines is 1. The minimum absolute atomic E-state index is 0. The van der Waals surface area contributed by atoms with Gasteiger partial charge in [0, 0.05) is 179 Å². The standard InChI is InChI=1S/C25H39N3O7.C15H21NO2.C14H23NO3.C13H21NO3.C11H22O4S2.C8H16O.6CH4/c1-16(2)20-14-24(34)28(25(20)35)13-5-6-18(29)7-9-23(33)27-15-19(30)8-10-22(32)26-12-11-21(31)17(3)4;1-10(2)9-14(17)16-13-7-5-12(6-8-13)15(18)11(3)4;1-9(2)11-8-13(17)15(14(11)18)7-5-6-12(16)10(3)4;1-8(2)10-7-12(16)14(13(10)17)6-5-11(15)9(3)4;1-7(2)11(12)10(17(13,14)15)6-9(5)16-8(3)4;1-6(2)5-8(9)7(3)4;;;;;;/h16-17,20H,5-15H2,1-4H3,(H,26,32)(H,27,33);5-8,10-11H,9H2,1-4H3,(H,16,17);9-11H,5-8H2,1-4H3;8-10H,5-7H2,1-4H3;7-10H,6H2,1-5H3,(H,13,14,15);6-7H,5H2,1-4H3;6*1H4. The Morgan fingerprint density at radius 2 is 0.783 bits per heavy atom. The van der Waals surface area contributed by atoms with Crippen LogP contribution in [0.2, 0.25) is 0 Å². The van der Waals surface area contributed by atoms with Crippen molar-refractivity contribution in [2.75, 3.05) is 38.0 Å². The van der Waals surface area contributed by atoms with E-state index in [0.717, 1.165) is 12.1 Å². The zero-order valence-corrected chi connectivity index (χ0v) is 75.0. The van der Waals surface area contributed by atoms with Crippen molar-refractivity contribution < 1.29 is 94.5 Å². The number of hydrogen-bond acceptors (Lipinski definition) is 20. The molecule has 9 amide bonds. The zero-order valence-electron chi connectivity index (χ0n) is 73.3. The molecule has 3 heterocycles. The van der Waals surface area contributed by atoms with E-state index in [1.54, 1.807) is 63.7 Å². The number of Topliss-reactive ketones (excluding diaryl/α,β-unsaturated/α-hetero) is 8.